The Kier molecular flexibility index (Phi) is 4.75. The molecule has 1 heterocycles. The third-order valence-electron chi connectivity index (χ3n) is 5.26. The number of nitro benzene ring substituents is 1. The third-order valence-corrected chi connectivity index (χ3v) is 5.26. The van der Waals surface area contributed by atoms with Gasteiger partial charge in [-0.2, -0.15) is 0 Å². The first-order valence-electron chi connectivity index (χ1n) is 9.32. The van der Waals surface area contributed by atoms with Crippen LogP contribution in [0, 0.1) is 10.1 Å². The van der Waals surface area contributed by atoms with E-state index in [2.05, 4.69) is 4.98 Å². The van der Waals surface area contributed by atoms with Crippen LogP contribution in [0.15, 0.2) is 36.4 Å². The van der Waals surface area contributed by atoms with Crippen molar-refractivity contribution in [1.82, 2.24) is 4.98 Å². The summed E-state index contributed by atoms with van der Waals surface area (Å²) in [6, 6.07) is 9.17. The molecule has 0 spiro atoms. The summed E-state index contributed by atoms with van der Waals surface area (Å²) >= 11 is 0. The fourth-order valence-corrected chi connectivity index (χ4v) is 3.77. The zero-order valence-corrected chi connectivity index (χ0v) is 15.6. The first kappa shape index (κ1) is 18.7. The fraction of sp³-hybridized carbons (Fsp3) is 0.238. The number of fused-ring (bicyclic) bond motifs is 3. The van der Waals surface area contributed by atoms with Crippen molar-refractivity contribution in [3.05, 3.63) is 74.5 Å². The molecular weight excluding hydrogens is 374 g/mol. The van der Waals surface area contributed by atoms with Crippen LogP contribution in [-0.2, 0) is 24.2 Å². The van der Waals surface area contributed by atoms with Crippen molar-refractivity contribution in [3.8, 4) is 0 Å². The molecule has 2 aromatic carbocycles. The number of esters is 1. The van der Waals surface area contributed by atoms with E-state index in [0.717, 1.165) is 42.7 Å². The summed E-state index contributed by atoms with van der Waals surface area (Å²) in [4.78, 5) is 37.8. The minimum Gasteiger partial charge on any atom is -0.457 e. The minimum absolute atomic E-state index is 0.0226. The number of nitrogens with zero attached hydrogens (tertiary/aromatic N) is 1. The van der Waals surface area contributed by atoms with Crippen molar-refractivity contribution >= 4 is 28.5 Å². The molecule has 3 N–H and O–H groups in total. The fourth-order valence-electron chi connectivity index (χ4n) is 3.77. The van der Waals surface area contributed by atoms with Crippen LogP contribution in [0.25, 0.3) is 10.9 Å². The Morgan fingerprint density at radius 3 is 2.62 bits per heavy atom. The SMILES string of the molecule is NC(=O)c1ccc(COC(=O)c2ccc3[nH]c4c(c3c2)CCCC4)c([N+](=O)[O-])c1. The largest absolute Gasteiger partial charge is 0.457 e. The van der Waals surface area contributed by atoms with Crippen LogP contribution in [0.2, 0.25) is 0 Å². The summed E-state index contributed by atoms with van der Waals surface area (Å²) in [6.45, 7) is -0.280. The lowest BCUT2D eigenvalue weighted by Gasteiger charge is -2.10. The van der Waals surface area contributed by atoms with Gasteiger partial charge in [0.25, 0.3) is 5.69 Å². The molecule has 1 aromatic heterocycles. The maximum Gasteiger partial charge on any atom is 0.338 e. The molecule has 3 aromatic rings. The highest BCUT2D eigenvalue weighted by Crippen LogP contribution is 2.30. The summed E-state index contributed by atoms with van der Waals surface area (Å²) in [5, 5.41) is 12.3. The van der Waals surface area contributed by atoms with E-state index in [1.165, 1.54) is 23.4 Å². The highest BCUT2D eigenvalue weighted by atomic mass is 16.6. The van der Waals surface area contributed by atoms with Gasteiger partial charge in [-0.05, 0) is 61.6 Å². The lowest BCUT2D eigenvalue weighted by atomic mass is 9.95. The number of carbonyl (C=O) groups is 2. The maximum absolute atomic E-state index is 12.5. The predicted octanol–water partition coefficient (Wildman–Crippen LogP) is 3.41. The number of primary amides is 1. The van der Waals surface area contributed by atoms with Crippen molar-refractivity contribution in [2.75, 3.05) is 0 Å². The average Bonchev–Trinajstić information content (AvgIpc) is 3.09. The van der Waals surface area contributed by atoms with Crippen molar-refractivity contribution in [2.45, 2.75) is 32.3 Å². The normalized spacial score (nSPS) is 13.1. The number of benzene rings is 2. The van der Waals surface area contributed by atoms with Crippen LogP contribution >= 0.6 is 0 Å². The zero-order chi connectivity index (χ0) is 20.5. The first-order chi connectivity index (χ1) is 13.9. The van der Waals surface area contributed by atoms with Gasteiger partial charge in [0, 0.05) is 28.2 Å². The number of aromatic amines is 1. The average molecular weight is 393 g/mol. The van der Waals surface area contributed by atoms with E-state index in [1.807, 2.05) is 12.1 Å². The molecule has 0 saturated heterocycles. The third kappa shape index (κ3) is 3.56. The van der Waals surface area contributed by atoms with Gasteiger partial charge in [0.05, 0.1) is 16.1 Å². The molecule has 1 aliphatic carbocycles. The Balaban J connectivity index is 1.56. The molecule has 0 unspecified atom stereocenters. The van der Waals surface area contributed by atoms with E-state index in [0.29, 0.717) is 5.56 Å². The molecule has 0 atom stereocenters. The monoisotopic (exact) mass is 393 g/mol. The second kappa shape index (κ2) is 7.38. The number of nitro groups is 1. The van der Waals surface area contributed by atoms with Gasteiger partial charge in [-0.15, -0.1) is 0 Å². The molecule has 0 aliphatic heterocycles. The number of hydrogen-bond donors (Lipinski definition) is 2. The molecular formula is C21H19N3O5. The molecule has 1 aliphatic rings. The Morgan fingerprint density at radius 1 is 1.10 bits per heavy atom. The van der Waals surface area contributed by atoms with Gasteiger partial charge in [-0.3, -0.25) is 14.9 Å². The smallest absolute Gasteiger partial charge is 0.338 e. The Bertz CT molecular complexity index is 1150. The number of aromatic nitrogens is 1. The van der Waals surface area contributed by atoms with Gasteiger partial charge >= 0.3 is 5.97 Å². The van der Waals surface area contributed by atoms with Crippen LogP contribution < -0.4 is 5.73 Å². The predicted molar refractivity (Wildman–Crippen MR) is 106 cm³/mol. The molecule has 8 nitrogen and oxygen atoms in total. The molecule has 29 heavy (non-hydrogen) atoms. The second-order valence-electron chi connectivity index (χ2n) is 7.09. The van der Waals surface area contributed by atoms with Gasteiger partial charge in [0.15, 0.2) is 0 Å². The number of ether oxygens (including phenoxy) is 1. The van der Waals surface area contributed by atoms with Crippen LogP contribution in [0.1, 0.15) is 50.4 Å². The van der Waals surface area contributed by atoms with E-state index >= 15 is 0 Å². The molecule has 1 amide bonds. The van der Waals surface area contributed by atoms with Gasteiger partial charge in [0.2, 0.25) is 5.91 Å². The number of carbonyl (C=O) groups excluding carboxylic acids is 2. The number of H-pyrrole nitrogens is 1. The standard InChI is InChI=1S/C21H19N3O5/c22-20(25)12-5-6-14(19(10-12)24(27)28)11-29-21(26)13-7-8-18-16(9-13)15-3-1-2-4-17(15)23-18/h5-10,23H,1-4,11H2,(H2,22,25). The van der Waals surface area contributed by atoms with Crippen molar-refractivity contribution < 1.29 is 19.2 Å². The Morgan fingerprint density at radius 2 is 1.86 bits per heavy atom. The Hall–Kier alpha value is -3.68. The molecule has 8 heteroatoms. The number of rotatable bonds is 5. The van der Waals surface area contributed by atoms with E-state index < -0.39 is 16.8 Å². The second-order valence-corrected chi connectivity index (χ2v) is 7.09. The van der Waals surface area contributed by atoms with Crippen molar-refractivity contribution in [3.63, 3.8) is 0 Å². The molecule has 0 radical (unpaired) electrons. The van der Waals surface area contributed by atoms with E-state index in [1.54, 1.807) is 6.07 Å². The lowest BCUT2D eigenvalue weighted by molar-refractivity contribution is -0.385. The van der Waals surface area contributed by atoms with Crippen LogP contribution in [0.3, 0.4) is 0 Å². The van der Waals surface area contributed by atoms with E-state index in [9.17, 15) is 19.7 Å². The quantitative estimate of drug-likeness (QED) is 0.390. The summed E-state index contributed by atoms with van der Waals surface area (Å²) < 4.78 is 5.31. The topological polar surface area (TPSA) is 128 Å². The molecule has 0 saturated carbocycles. The van der Waals surface area contributed by atoms with E-state index in [4.69, 9.17) is 10.5 Å². The summed E-state index contributed by atoms with van der Waals surface area (Å²) in [5.74, 6) is -1.33. The minimum atomic E-state index is -0.764. The number of hydrogen-bond acceptors (Lipinski definition) is 5. The molecule has 0 bridgehead atoms. The van der Waals surface area contributed by atoms with Gasteiger partial charge in [-0.25, -0.2) is 4.79 Å². The summed E-state index contributed by atoms with van der Waals surface area (Å²) in [6.07, 6.45) is 4.27. The van der Waals surface area contributed by atoms with Gasteiger partial charge in [-0.1, -0.05) is 0 Å². The van der Waals surface area contributed by atoms with Gasteiger partial charge < -0.3 is 15.5 Å². The van der Waals surface area contributed by atoms with Crippen LogP contribution in [0.5, 0.6) is 0 Å². The number of aryl methyl sites for hydroxylation is 2. The van der Waals surface area contributed by atoms with Crippen LogP contribution in [0.4, 0.5) is 5.69 Å². The Labute approximate surface area is 165 Å². The lowest BCUT2D eigenvalue weighted by Crippen LogP contribution is -2.12. The zero-order valence-electron chi connectivity index (χ0n) is 15.6. The summed E-state index contributed by atoms with van der Waals surface area (Å²) in [5.41, 5.74) is 8.92. The highest BCUT2D eigenvalue weighted by molar-refractivity contribution is 5.96. The number of amides is 1. The summed E-state index contributed by atoms with van der Waals surface area (Å²) in [7, 11) is 0. The van der Waals surface area contributed by atoms with Crippen LogP contribution in [-0.4, -0.2) is 21.8 Å². The van der Waals surface area contributed by atoms with Crippen molar-refractivity contribution in [2.24, 2.45) is 5.73 Å². The van der Waals surface area contributed by atoms with E-state index in [-0.39, 0.29) is 23.4 Å². The highest BCUT2D eigenvalue weighted by Gasteiger charge is 2.20. The number of nitrogens with two attached hydrogens (primary N) is 1. The molecule has 4 rings (SSSR count). The molecule has 0 fully saturated rings. The molecule has 148 valence electrons. The van der Waals surface area contributed by atoms with Crippen molar-refractivity contribution in [1.29, 1.82) is 0 Å². The number of nitrogens with one attached hydrogen (secondary N) is 1. The van der Waals surface area contributed by atoms with Gasteiger partial charge in [0.1, 0.15) is 6.61 Å². The first-order valence-corrected chi connectivity index (χ1v) is 9.32. The maximum atomic E-state index is 12.5.